The molecule has 2 amide bonds. The SMILES string of the molecule is Cc1nccn1-c1ccc(CNC(=O)N2CCCN(C)CC2)cc1. The Hall–Kier alpha value is -2.34. The second kappa shape index (κ2) is 7.49. The first-order valence-electron chi connectivity index (χ1n) is 8.44. The van der Waals surface area contributed by atoms with Crippen molar-refractivity contribution in [2.24, 2.45) is 0 Å². The third kappa shape index (κ3) is 3.94. The molecular formula is C18H25N5O. The Morgan fingerprint density at radius 3 is 2.67 bits per heavy atom. The minimum absolute atomic E-state index is 0.0276. The van der Waals surface area contributed by atoms with Gasteiger partial charge in [-0.25, -0.2) is 9.78 Å². The molecule has 1 saturated heterocycles. The number of imidazole rings is 1. The average molecular weight is 327 g/mol. The number of carbonyl (C=O) groups is 1. The molecule has 3 rings (SSSR count). The number of carbonyl (C=O) groups excluding carboxylic acids is 1. The summed E-state index contributed by atoms with van der Waals surface area (Å²) in [5, 5.41) is 3.03. The number of aryl methyl sites for hydroxylation is 1. The highest BCUT2D eigenvalue weighted by Gasteiger charge is 2.16. The third-order valence-electron chi connectivity index (χ3n) is 4.49. The predicted octanol–water partition coefficient (Wildman–Crippen LogP) is 2.03. The van der Waals surface area contributed by atoms with Crippen molar-refractivity contribution in [2.45, 2.75) is 19.9 Å². The van der Waals surface area contributed by atoms with Gasteiger partial charge in [0, 0.05) is 44.3 Å². The summed E-state index contributed by atoms with van der Waals surface area (Å²) in [5.74, 6) is 0.960. The Morgan fingerprint density at radius 1 is 1.17 bits per heavy atom. The van der Waals surface area contributed by atoms with E-state index in [0.29, 0.717) is 6.54 Å². The van der Waals surface area contributed by atoms with E-state index in [1.807, 2.05) is 34.7 Å². The van der Waals surface area contributed by atoms with Crippen molar-refractivity contribution in [3.63, 3.8) is 0 Å². The maximum atomic E-state index is 12.3. The molecule has 0 saturated carbocycles. The van der Waals surface area contributed by atoms with Crippen LogP contribution in [0.4, 0.5) is 4.79 Å². The van der Waals surface area contributed by atoms with Gasteiger partial charge in [0.1, 0.15) is 5.82 Å². The predicted molar refractivity (Wildman–Crippen MR) is 94.2 cm³/mol. The summed E-state index contributed by atoms with van der Waals surface area (Å²) in [5.41, 5.74) is 2.17. The molecule has 1 fully saturated rings. The second-order valence-electron chi connectivity index (χ2n) is 6.31. The number of nitrogens with zero attached hydrogens (tertiary/aromatic N) is 4. The van der Waals surface area contributed by atoms with Gasteiger partial charge in [0.25, 0.3) is 0 Å². The van der Waals surface area contributed by atoms with Gasteiger partial charge in [-0.3, -0.25) is 0 Å². The van der Waals surface area contributed by atoms with E-state index < -0.39 is 0 Å². The number of amides is 2. The summed E-state index contributed by atoms with van der Waals surface area (Å²) in [6, 6.07) is 8.23. The molecule has 6 nitrogen and oxygen atoms in total. The Kier molecular flexibility index (Phi) is 5.15. The van der Waals surface area contributed by atoms with Gasteiger partial charge in [0.05, 0.1) is 0 Å². The molecule has 0 aliphatic carbocycles. The van der Waals surface area contributed by atoms with Crippen molar-refractivity contribution in [1.82, 2.24) is 24.7 Å². The van der Waals surface area contributed by atoms with Gasteiger partial charge in [-0.2, -0.15) is 0 Å². The summed E-state index contributed by atoms with van der Waals surface area (Å²) in [7, 11) is 2.10. The van der Waals surface area contributed by atoms with Crippen LogP contribution < -0.4 is 5.32 Å². The van der Waals surface area contributed by atoms with Crippen LogP contribution in [0, 0.1) is 6.92 Å². The van der Waals surface area contributed by atoms with Gasteiger partial charge >= 0.3 is 6.03 Å². The highest BCUT2D eigenvalue weighted by molar-refractivity contribution is 5.74. The van der Waals surface area contributed by atoms with Crippen molar-refractivity contribution in [2.75, 3.05) is 33.2 Å². The monoisotopic (exact) mass is 327 g/mol. The number of benzene rings is 1. The number of rotatable bonds is 3. The molecule has 2 aromatic rings. The summed E-state index contributed by atoms with van der Waals surface area (Å²) in [6.07, 6.45) is 4.77. The fraction of sp³-hybridized carbons (Fsp3) is 0.444. The number of hydrogen-bond donors (Lipinski definition) is 1. The average Bonchev–Trinajstić information content (AvgIpc) is 2.89. The normalized spacial score (nSPS) is 16.0. The van der Waals surface area contributed by atoms with E-state index in [0.717, 1.165) is 49.7 Å². The molecule has 0 bridgehead atoms. The first-order valence-corrected chi connectivity index (χ1v) is 8.44. The zero-order valence-electron chi connectivity index (χ0n) is 14.4. The van der Waals surface area contributed by atoms with Crippen LogP contribution in [0.25, 0.3) is 5.69 Å². The molecule has 1 aromatic heterocycles. The van der Waals surface area contributed by atoms with Crippen LogP contribution in [0.15, 0.2) is 36.7 Å². The van der Waals surface area contributed by atoms with Gasteiger partial charge in [-0.05, 0) is 44.6 Å². The van der Waals surface area contributed by atoms with Crippen molar-refractivity contribution < 1.29 is 4.79 Å². The number of aromatic nitrogens is 2. The largest absolute Gasteiger partial charge is 0.334 e. The summed E-state index contributed by atoms with van der Waals surface area (Å²) >= 11 is 0. The lowest BCUT2D eigenvalue weighted by atomic mass is 10.2. The van der Waals surface area contributed by atoms with Crippen molar-refractivity contribution >= 4 is 6.03 Å². The molecule has 128 valence electrons. The molecule has 2 heterocycles. The quantitative estimate of drug-likeness (QED) is 0.938. The molecule has 1 N–H and O–H groups in total. The van der Waals surface area contributed by atoms with Crippen LogP contribution in [0.1, 0.15) is 17.8 Å². The Balaban J connectivity index is 1.55. The van der Waals surface area contributed by atoms with Gasteiger partial charge in [0.2, 0.25) is 0 Å². The maximum absolute atomic E-state index is 12.3. The number of urea groups is 1. The standard InChI is InChI=1S/C18H25N5O/c1-15-19-8-11-23(15)17-6-4-16(5-7-17)14-20-18(24)22-10-3-9-21(2)12-13-22/h4-8,11H,3,9-10,12-14H2,1-2H3,(H,20,24). The summed E-state index contributed by atoms with van der Waals surface area (Å²) in [6.45, 7) is 6.14. The Labute approximate surface area is 143 Å². The molecule has 6 heteroatoms. The number of hydrogen-bond acceptors (Lipinski definition) is 3. The summed E-state index contributed by atoms with van der Waals surface area (Å²) < 4.78 is 2.04. The lowest BCUT2D eigenvalue weighted by molar-refractivity contribution is 0.199. The van der Waals surface area contributed by atoms with E-state index in [-0.39, 0.29) is 6.03 Å². The smallest absolute Gasteiger partial charge is 0.317 e. The summed E-state index contributed by atoms with van der Waals surface area (Å²) in [4.78, 5) is 20.7. The van der Waals surface area contributed by atoms with Crippen LogP contribution in [0.5, 0.6) is 0 Å². The molecular weight excluding hydrogens is 302 g/mol. The fourth-order valence-corrected chi connectivity index (χ4v) is 2.96. The van der Waals surface area contributed by atoms with Gasteiger partial charge < -0.3 is 19.7 Å². The van der Waals surface area contributed by atoms with E-state index in [2.05, 4.69) is 34.4 Å². The van der Waals surface area contributed by atoms with E-state index in [9.17, 15) is 4.79 Å². The number of nitrogens with one attached hydrogen (secondary N) is 1. The molecule has 0 spiro atoms. The lowest BCUT2D eigenvalue weighted by Gasteiger charge is -2.21. The van der Waals surface area contributed by atoms with Crippen LogP contribution in [-0.2, 0) is 6.54 Å². The molecule has 24 heavy (non-hydrogen) atoms. The first-order chi connectivity index (χ1) is 11.6. The Morgan fingerprint density at radius 2 is 1.96 bits per heavy atom. The minimum atomic E-state index is 0.0276. The van der Waals surface area contributed by atoms with E-state index in [1.54, 1.807) is 6.20 Å². The van der Waals surface area contributed by atoms with Crippen molar-refractivity contribution in [3.05, 3.63) is 48.0 Å². The second-order valence-corrected chi connectivity index (χ2v) is 6.31. The van der Waals surface area contributed by atoms with Gasteiger partial charge in [-0.15, -0.1) is 0 Å². The van der Waals surface area contributed by atoms with Crippen LogP contribution in [0.2, 0.25) is 0 Å². The number of likely N-dealkylation sites (N-methyl/N-ethyl adjacent to an activating group) is 1. The van der Waals surface area contributed by atoms with E-state index in [4.69, 9.17) is 0 Å². The minimum Gasteiger partial charge on any atom is -0.334 e. The van der Waals surface area contributed by atoms with Crippen molar-refractivity contribution in [1.29, 1.82) is 0 Å². The molecule has 0 unspecified atom stereocenters. The van der Waals surface area contributed by atoms with Crippen LogP contribution >= 0.6 is 0 Å². The topological polar surface area (TPSA) is 53.4 Å². The van der Waals surface area contributed by atoms with E-state index >= 15 is 0 Å². The first kappa shape index (κ1) is 16.5. The highest BCUT2D eigenvalue weighted by atomic mass is 16.2. The van der Waals surface area contributed by atoms with E-state index in [1.165, 1.54) is 0 Å². The fourth-order valence-electron chi connectivity index (χ4n) is 2.96. The zero-order chi connectivity index (χ0) is 16.9. The molecule has 0 atom stereocenters. The lowest BCUT2D eigenvalue weighted by Crippen LogP contribution is -2.41. The van der Waals surface area contributed by atoms with Gasteiger partial charge in [0.15, 0.2) is 0 Å². The molecule has 0 radical (unpaired) electrons. The van der Waals surface area contributed by atoms with Crippen molar-refractivity contribution in [3.8, 4) is 5.69 Å². The maximum Gasteiger partial charge on any atom is 0.317 e. The highest BCUT2D eigenvalue weighted by Crippen LogP contribution is 2.12. The molecule has 1 aliphatic rings. The Bertz CT molecular complexity index is 679. The molecule has 1 aliphatic heterocycles. The van der Waals surface area contributed by atoms with Gasteiger partial charge in [-0.1, -0.05) is 12.1 Å². The zero-order valence-corrected chi connectivity index (χ0v) is 14.4. The van der Waals surface area contributed by atoms with Crippen LogP contribution in [0.3, 0.4) is 0 Å². The van der Waals surface area contributed by atoms with Crippen LogP contribution in [-0.4, -0.2) is 58.6 Å². The molecule has 1 aromatic carbocycles. The third-order valence-corrected chi connectivity index (χ3v) is 4.49.